The molecule has 4 heteroatoms. The molecular formula is C15H20N2O2. The summed E-state index contributed by atoms with van der Waals surface area (Å²) in [6.07, 6.45) is 4.91. The van der Waals surface area contributed by atoms with E-state index >= 15 is 0 Å². The van der Waals surface area contributed by atoms with Crippen LogP contribution in [0.25, 0.3) is 0 Å². The average Bonchev–Trinajstić information content (AvgIpc) is 2.94. The van der Waals surface area contributed by atoms with Crippen molar-refractivity contribution < 1.29 is 9.53 Å². The number of fused-ring (bicyclic) bond motifs is 1. The molecule has 19 heavy (non-hydrogen) atoms. The SMILES string of the molecule is NNC(=O)C1(c2ccc3c(c2)CCC3)CCOCC1. The summed E-state index contributed by atoms with van der Waals surface area (Å²) >= 11 is 0. The van der Waals surface area contributed by atoms with Crippen molar-refractivity contribution in [2.24, 2.45) is 5.84 Å². The Hall–Kier alpha value is -1.39. The van der Waals surface area contributed by atoms with Gasteiger partial charge in [0.1, 0.15) is 0 Å². The standard InChI is InChI=1S/C15H20N2O2/c16-17-14(18)15(6-8-19-9-7-15)13-5-4-11-2-1-3-12(11)10-13/h4-5,10H,1-3,6-9,16H2,(H,17,18). The normalized spacial score (nSPS) is 20.9. The Kier molecular flexibility index (Phi) is 3.29. The van der Waals surface area contributed by atoms with E-state index in [0.717, 1.165) is 18.4 Å². The van der Waals surface area contributed by atoms with Gasteiger partial charge < -0.3 is 4.74 Å². The number of hydrazine groups is 1. The van der Waals surface area contributed by atoms with Crippen LogP contribution >= 0.6 is 0 Å². The highest BCUT2D eigenvalue weighted by atomic mass is 16.5. The minimum atomic E-state index is -0.509. The van der Waals surface area contributed by atoms with Gasteiger partial charge in [0.2, 0.25) is 5.91 Å². The Bertz CT molecular complexity index is 493. The van der Waals surface area contributed by atoms with Crippen molar-refractivity contribution in [3.63, 3.8) is 0 Å². The van der Waals surface area contributed by atoms with Gasteiger partial charge in [-0.05, 0) is 48.8 Å². The number of carbonyl (C=O) groups is 1. The van der Waals surface area contributed by atoms with E-state index in [0.29, 0.717) is 26.1 Å². The summed E-state index contributed by atoms with van der Waals surface area (Å²) in [7, 11) is 0. The Morgan fingerprint density at radius 3 is 2.68 bits per heavy atom. The van der Waals surface area contributed by atoms with Crippen molar-refractivity contribution >= 4 is 5.91 Å². The van der Waals surface area contributed by atoms with E-state index in [-0.39, 0.29) is 5.91 Å². The molecule has 1 aliphatic heterocycles. The van der Waals surface area contributed by atoms with Gasteiger partial charge in [0, 0.05) is 13.2 Å². The third kappa shape index (κ3) is 2.05. The van der Waals surface area contributed by atoms with E-state index in [1.165, 1.54) is 17.5 Å². The molecule has 0 saturated carbocycles. The molecule has 0 bridgehead atoms. The van der Waals surface area contributed by atoms with Crippen molar-refractivity contribution in [2.75, 3.05) is 13.2 Å². The number of rotatable bonds is 2. The molecule has 1 amide bonds. The zero-order valence-electron chi connectivity index (χ0n) is 11.1. The van der Waals surface area contributed by atoms with Crippen LogP contribution in [0, 0.1) is 0 Å². The summed E-state index contributed by atoms with van der Waals surface area (Å²) in [4.78, 5) is 12.3. The number of amides is 1. The van der Waals surface area contributed by atoms with Gasteiger partial charge >= 0.3 is 0 Å². The summed E-state index contributed by atoms with van der Waals surface area (Å²) < 4.78 is 5.41. The molecule has 3 N–H and O–H groups in total. The van der Waals surface area contributed by atoms with Crippen LogP contribution in [0.3, 0.4) is 0 Å². The molecule has 0 unspecified atom stereocenters. The van der Waals surface area contributed by atoms with Crippen molar-refractivity contribution in [3.05, 3.63) is 34.9 Å². The Labute approximate surface area is 113 Å². The smallest absolute Gasteiger partial charge is 0.244 e. The maximum Gasteiger partial charge on any atom is 0.244 e. The van der Waals surface area contributed by atoms with Crippen LogP contribution in [0.1, 0.15) is 36.0 Å². The van der Waals surface area contributed by atoms with Gasteiger partial charge in [-0.25, -0.2) is 5.84 Å². The summed E-state index contributed by atoms with van der Waals surface area (Å²) in [5.74, 6) is 5.31. The number of aryl methyl sites for hydroxylation is 2. The number of carbonyl (C=O) groups excluding carboxylic acids is 1. The molecule has 1 aromatic carbocycles. The molecule has 2 aliphatic rings. The van der Waals surface area contributed by atoms with Crippen LogP contribution in [0.15, 0.2) is 18.2 Å². The van der Waals surface area contributed by atoms with Gasteiger partial charge in [0.25, 0.3) is 0 Å². The van der Waals surface area contributed by atoms with Crippen LogP contribution in [0.4, 0.5) is 0 Å². The summed E-state index contributed by atoms with van der Waals surface area (Å²) in [6.45, 7) is 1.23. The van der Waals surface area contributed by atoms with Crippen LogP contribution in [-0.2, 0) is 27.8 Å². The van der Waals surface area contributed by atoms with Crippen LogP contribution in [-0.4, -0.2) is 19.1 Å². The van der Waals surface area contributed by atoms with Gasteiger partial charge in [-0.1, -0.05) is 18.2 Å². The summed E-state index contributed by atoms with van der Waals surface area (Å²) in [6, 6.07) is 6.49. The number of hydrogen-bond acceptors (Lipinski definition) is 3. The fraction of sp³-hybridized carbons (Fsp3) is 0.533. The van der Waals surface area contributed by atoms with Crippen LogP contribution < -0.4 is 11.3 Å². The van der Waals surface area contributed by atoms with E-state index in [9.17, 15) is 4.79 Å². The third-order valence-electron chi connectivity index (χ3n) is 4.56. The lowest BCUT2D eigenvalue weighted by atomic mass is 9.73. The van der Waals surface area contributed by atoms with Gasteiger partial charge in [0.05, 0.1) is 5.41 Å². The third-order valence-corrected chi connectivity index (χ3v) is 4.56. The van der Waals surface area contributed by atoms with E-state index in [4.69, 9.17) is 10.6 Å². The highest BCUT2D eigenvalue weighted by Gasteiger charge is 2.41. The second-order valence-electron chi connectivity index (χ2n) is 5.50. The lowest BCUT2D eigenvalue weighted by Crippen LogP contribution is -2.50. The van der Waals surface area contributed by atoms with Gasteiger partial charge in [-0.2, -0.15) is 0 Å². The fourth-order valence-electron chi connectivity index (χ4n) is 3.37. The number of nitrogens with one attached hydrogen (secondary N) is 1. The molecule has 1 fully saturated rings. The Morgan fingerprint density at radius 1 is 1.21 bits per heavy atom. The molecular weight excluding hydrogens is 240 g/mol. The molecule has 1 saturated heterocycles. The Morgan fingerprint density at radius 2 is 1.95 bits per heavy atom. The quantitative estimate of drug-likeness (QED) is 0.477. The second-order valence-corrected chi connectivity index (χ2v) is 5.50. The molecule has 0 atom stereocenters. The lowest BCUT2D eigenvalue weighted by Gasteiger charge is -2.36. The van der Waals surface area contributed by atoms with E-state index in [1.54, 1.807) is 0 Å². The highest BCUT2D eigenvalue weighted by Crippen LogP contribution is 2.37. The monoisotopic (exact) mass is 260 g/mol. The topological polar surface area (TPSA) is 64.3 Å². The predicted octanol–water partition coefficient (Wildman–Crippen LogP) is 1.21. The largest absolute Gasteiger partial charge is 0.381 e. The van der Waals surface area contributed by atoms with Gasteiger partial charge in [-0.3, -0.25) is 10.2 Å². The molecule has 0 radical (unpaired) electrons. The summed E-state index contributed by atoms with van der Waals surface area (Å²) in [5, 5.41) is 0. The maximum absolute atomic E-state index is 12.3. The van der Waals surface area contributed by atoms with Gasteiger partial charge in [-0.15, -0.1) is 0 Å². The molecule has 1 aliphatic carbocycles. The molecule has 1 heterocycles. The van der Waals surface area contributed by atoms with Crippen molar-refractivity contribution in [2.45, 2.75) is 37.5 Å². The molecule has 102 valence electrons. The fourth-order valence-corrected chi connectivity index (χ4v) is 3.37. The molecule has 4 nitrogen and oxygen atoms in total. The highest BCUT2D eigenvalue weighted by molar-refractivity contribution is 5.88. The average molecular weight is 260 g/mol. The molecule has 1 aromatic rings. The first-order chi connectivity index (χ1) is 9.26. The van der Waals surface area contributed by atoms with Crippen molar-refractivity contribution in [1.82, 2.24) is 5.43 Å². The van der Waals surface area contributed by atoms with Crippen LogP contribution in [0.2, 0.25) is 0 Å². The lowest BCUT2D eigenvalue weighted by molar-refractivity contribution is -0.130. The van der Waals surface area contributed by atoms with Crippen LogP contribution in [0.5, 0.6) is 0 Å². The number of nitrogens with two attached hydrogens (primary N) is 1. The number of hydrogen-bond donors (Lipinski definition) is 2. The Balaban J connectivity index is 2.02. The number of ether oxygens (including phenoxy) is 1. The van der Waals surface area contributed by atoms with E-state index in [1.807, 2.05) is 0 Å². The van der Waals surface area contributed by atoms with Gasteiger partial charge in [0.15, 0.2) is 0 Å². The zero-order chi connectivity index (χ0) is 13.3. The van der Waals surface area contributed by atoms with E-state index < -0.39 is 5.41 Å². The zero-order valence-corrected chi connectivity index (χ0v) is 11.1. The second kappa shape index (κ2) is 4.94. The first-order valence-corrected chi connectivity index (χ1v) is 6.97. The predicted molar refractivity (Wildman–Crippen MR) is 72.5 cm³/mol. The molecule has 0 aromatic heterocycles. The first-order valence-electron chi connectivity index (χ1n) is 6.97. The van der Waals surface area contributed by atoms with Crippen molar-refractivity contribution in [3.8, 4) is 0 Å². The maximum atomic E-state index is 12.3. The molecule has 0 spiro atoms. The van der Waals surface area contributed by atoms with Crippen molar-refractivity contribution in [1.29, 1.82) is 0 Å². The minimum Gasteiger partial charge on any atom is -0.381 e. The van der Waals surface area contributed by atoms with E-state index in [2.05, 4.69) is 23.6 Å². The molecule has 3 rings (SSSR count). The first kappa shape index (κ1) is 12.6. The summed E-state index contributed by atoms with van der Waals surface area (Å²) in [5.41, 5.74) is 5.76. The minimum absolute atomic E-state index is 0.0891. The number of benzene rings is 1.